The Labute approximate surface area is 211 Å². The number of carbonyl (C=O) groups excluding carboxylic acids is 2. The fourth-order valence-corrected chi connectivity index (χ4v) is 6.46. The van der Waals surface area contributed by atoms with Gasteiger partial charge in [0.2, 0.25) is 11.8 Å². The van der Waals surface area contributed by atoms with Gasteiger partial charge in [-0.2, -0.15) is 0 Å². The third-order valence-corrected chi connectivity index (χ3v) is 8.11. The minimum absolute atomic E-state index is 0.00679. The van der Waals surface area contributed by atoms with E-state index in [-0.39, 0.29) is 24.4 Å². The average Bonchev–Trinajstić information content (AvgIpc) is 3.29. The quantitative estimate of drug-likeness (QED) is 0.571. The van der Waals surface area contributed by atoms with Crippen molar-refractivity contribution in [2.75, 3.05) is 20.3 Å². The molecular weight excluding hydrogens is 454 g/mol. The van der Waals surface area contributed by atoms with E-state index in [4.69, 9.17) is 9.47 Å². The number of nitrogens with zero attached hydrogens (tertiary/aromatic N) is 2. The number of carbonyl (C=O) groups is 2. The van der Waals surface area contributed by atoms with Crippen LogP contribution in [0.1, 0.15) is 61.9 Å². The third-order valence-electron chi connectivity index (χ3n) is 8.11. The van der Waals surface area contributed by atoms with Gasteiger partial charge in [0.1, 0.15) is 12.6 Å². The molecule has 0 spiro atoms. The molecule has 7 heteroatoms. The minimum Gasteiger partial charge on any atom is -0.493 e. The summed E-state index contributed by atoms with van der Waals surface area (Å²) in [6.07, 6.45) is 5.96. The number of aromatic amines is 1. The van der Waals surface area contributed by atoms with E-state index < -0.39 is 12.1 Å². The van der Waals surface area contributed by atoms with Gasteiger partial charge in [-0.1, -0.05) is 43.5 Å². The monoisotopic (exact) mass is 487 g/mol. The molecule has 0 radical (unpaired) electrons. The third kappa shape index (κ3) is 3.64. The fraction of sp³-hybridized carbons (Fsp3) is 0.448. The highest BCUT2D eigenvalue weighted by Gasteiger charge is 2.49. The molecular formula is C29H33N3O4. The number of nitrogens with one attached hydrogen (secondary N) is 1. The van der Waals surface area contributed by atoms with Crippen molar-refractivity contribution < 1.29 is 19.1 Å². The molecule has 7 nitrogen and oxygen atoms in total. The molecule has 3 aliphatic rings. The molecule has 1 saturated carbocycles. The normalized spacial score (nSPS) is 22.5. The Bertz CT molecular complexity index is 1310. The van der Waals surface area contributed by atoms with Gasteiger partial charge >= 0.3 is 0 Å². The van der Waals surface area contributed by atoms with Gasteiger partial charge in [-0.25, -0.2) is 0 Å². The summed E-state index contributed by atoms with van der Waals surface area (Å²) in [5, 5.41) is 1.12. The van der Waals surface area contributed by atoms with Crippen LogP contribution in [0.4, 0.5) is 0 Å². The highest BCUT2D eigenvalue weighted by molar-refractivity contribution is 5.98. The summed E-state index contributed by atoms with van der Waals surface area (Å²) in [6.45, 7) is 2.62. The maximum absolute atomic E-state index is 14.0. The number of para-hydroxylation sites is 1. The Morgan fingerprint density at radius 1 is 1.03 bits per heavy atom. The van der Waals surface area contributed by atoms with Crippen molar-refractivity contribution in [1.29, 1.82) is 0 Å². The number of amides is 2. The molecule has 6 rings (SSSR count). The second-order valence-electron chi connectivity index (χ2n) is 10.1. The summed E-state index contributed by atoms with van der Waals surface area (Å²) in [4.78, 5) is 35.1. The number of benzene rings is 2. The van der Waals surface area contributed by atoms with Gasteiger partial charge in [0.25, 0.3) is 0 Å². The maximum atomic E-state index is 14.0. The van der Waals surface area contributed by atoms with E-state index >= 15 is 0 Å². The second kappa shape index (κ2) is 9.19. The zero-order chi connectivity index (χ0) is 24.8. The average molecular weight is 488 g/mol. The number of H-pyrrole nitrogens is 1. The molecule has 0 bridgehead atoms. The maximum Gasteiger partial charge on any atom is 0.246 e. The standard InChI is InChI=1S/C29H33N3O4/c1-3-36-24-14-13-18(15-25(24)35-2)28-27-21(20-11-7-8-12-22(20)30-27)16-23-29(34)31(17-26(33)32(23)28)19-9-5-4-6-10-19/h7-8,11-15,19,23,28,30H,3-6,9-10,16-17H2,1-2H3/t23-,28+/m0/s1. The number of aromatic nitrogens is 1. The number of rotatable bonds is 5. The van der Waals surface area contributed by atoms with Crippen LogP contribution >= 0.6 is 0 Å². The van der Waals surface area contributed by atoms with Crippen LogP contribution in [0.2, 0.25) is 0 Å². The van der Waals surface area contributed by atoms with Crippen molar-refractivity contribution in [3.63, 3.8) is 0 Å². The molecule has 3 aromatic rings. The zero-order valence-electron chi connectivity index (χ0n) is 21.0. The Morgan fingerprint density at radius 2 is 1.83 bits per heavy atom. The Balaban J connectivity index is 1.48. The predicted molar refractivity (Wildman–Crippen MR) is 137 cm³/mol. The molecule has 2 fully saturated rings. The van der Waals surface area contributed by atoms with Crippen LogP contribution in [0.15, 0.2) is 42.5 Å². The van der Waals surface area contributed by atoms with Gasteiger partial charge in [0.15, 0.2) is 11.5 Å². The van der Waals surface area contributed by atoms with Crippen LogP contribution in [-0.2, 0) is 16.0 Å². The zero-order valence-corrected chi connectivity index (χ0v) is 21.0. The molecule has 3 heterocycles. The van der Waals surface area contributed by atoms with Crippen molar-refractivity contribution in [3.8, 4) is 11.5 Å². The smallest absolute Gasteiger partial charge is 0.246 e. The van der Waals surface area contributed by atoms with E-state index in [2.05, 4.69) is 17.1 Å². The molecule has 0 unspecified atom stereocenters. The summed E-state index contributed by atoms with van der Waals surface area (Å²) < 4.78 is 11.4. The van der Waals surface area contributed by atoms with E-state index in [1.807, 2.05) is 47.1 Å². The van der Waals surface area contributed by atoms with Crippen LogP contribution in [0, 0.1) is 0 Å². The topological polar surface area (TPSA) is 74.9 Å². The van der Waals surface area contributed by atoms with Crippen LogP contribution < -0.4 is 9.47 Å². The number of ether oxygens (including phenoxy) is 2. The lowest BCUT2D eigenvalue weighted by molar-refractivity contribution is -0.161. The number of methoxy groups -OCH3 is 1. The van der Waals surface area contributed by atoms with Crippen LogP contribution in [0.3, 0.4) is 0 Å². The molecule has 1 aromatic heterocycles. The van der Waals surface area contributed by atoms with Gasteiger partial charge < -0.3 is 24.3 Å². The molecule has 2 aromatic carbocycles. The van der Waals surface area contributed by atoms with Gasteiger partial charge in [-0.3, -0.25) is 9.59 Å². The summed E-state index contributed by atoms with van der Waals surface area (Å²) >= 11 is 0. The number of fused-ring (bicyclic) bond motifs is 4. The molecule has 2 aliphatic heterocycles. The Kier molecular flexibility index (Phi) is 5.86. The first-order valence-electron chi connectivity index (χ1n) is 13.1. The van der Waals surface area contributed by atoms with Crippen molar-refractivity contribution in [1.82, 2.24) is 14.8 Å². The van der Waals surface area contributed by atoms with Crippen LogP contribution in [0.25, 0.3) is 10.9 Å². The number of hydrogen-bond acceptors (Lipinski definition) is 4. The first-order valence-corrected chi connectivity index (χ1v) is 13.1. The van der Waals surface area contributed by atoms with Gasteiger partial charge in [0, 0.05) is 29.1 Å². The largest absolute Gasteiger partial charge is 0.493 e. The first kappa shape index (κ1) is 23.0. The van der Waals surface area contributed by atoms with Gasteiger partial charge in [0.05, 0.1) is 19.8 Å². The van der Waals surface area contributed by atoms with Crippen molar-refractivity contribution >= 4 is 22.7 Å². The van der Waals surface area contributed by atoms with E-state index in [0.29, 0.717) is 24.5 Å². The highest BCUT2D eigenvalue weighted by atomic mass is 16.5. The lowest BCUT2D eigenvalue weighted by Gasteiger charge is -2.49. The SMILES string of the molecule is CCOc1ccc([C@@H]2c3[nH]c4ccccc4c3C[C@H]3C(=O)N(C4CCCCC4)CC(=O)N23)cc1OC. The van der Waals surface area contributed by atoms with Crippen LogP contribution in [-0.4, -0.2) is 58.9 Å². The molecule has 2 amide bonds. The van der Waals surface area contributed by atoms with Crippen LogP contribution in [0.5, 0.6) is 11.5 Å². The minimum atomic E-state index is -0.512. The van der Waals surface area contributed by atoms with E-state index in [1.54, 1.807) is 7.11 Å². The Morgan fingerprint density at radius 3 is 2.61 bits per heavy atom. The molecule has 36 heavy (non-hydrogen) atoms. The molecule has 1 N–H and O–H groups in total. The molecule has 188 valence electrons. The summed E-state index contributed by atoms with van der Waals surface area (Å²) in [6, 6.07) is 13.3. The number of piperazine rings is 1. The highest BCUT2D eigenvalue weighted by Crippen LogP contribution is 2.44. The second-order valence-corrected chi connectivity index (χ2v) is 10.1. The fourth-order valence-electron chi connectivity index (χ4n) is 6.46. The van der Waals surface area contributed by atoms with Crippen molar-refractivity contribution in [2.24, 2.45) is 0 Å². The Hall–Kier alpha value is -3.48. The van der Waals surface area contributed by atoms with E-state index in [9.17, 15) is 9.59 Å². The molecule has 1 saturated heterocycles. The summed E-state index contributed by atoms with van der Waals surface area (Å²) in [7, 11) is 1.62. The van der Waals surface area contributed by atoms with E-state index in [1.165, 1.54) is 6.42 Å². The lowest BCUT2D eigenvalue weighted by Crippen LogP contribution is -2.65. The van der Waals surface area contributed by atoms with Crippen molar-refractivity contribution in [2.45, 2.75) is 63.6 Å². The van der Waals surface area contributed by atoms with Crippen molar-refractivity contribution in [3.05, 3.63) is 59.3 Å². The predicted octanol–water partition coefficient (Wildman–Crippen LogP) is 4.59. The summed E-state index contributed by atoms with van der Waals surface area (Å²) in [5.41, 5.74) is 4.02. The molecule has 2 atom stereocenters. The lowest BCUT2D eigenvalue weighted by atomic mass is 9.85. The van der Waals surface area contributed by atoms with Gasteiger partial charge in [-0.05, 0) is 49.1 Å². The van der Waals surface area contributed by atoms with Gasteiger partial charge in [-0.15, -0.1) is 0 Å². The first-order chi connectivity index (χ1) is 17.6. The summed E-state index contributed by atoms with van der Waals surface area (Å²) in [5.74, 6) is 1.37. The van der Waals surface area contributed by atoms with E-state index in [0.717, 1.165) is 53.4 Å². The number of hydrogen-bond donors (Lipinski definition) is 1. The molecule has 1 aliphatic carbocycles.